The van der Waals surface area contributed by atoms with Crippen LogP contribution in [0.5, 0.6) is 0 Å². The summed E-state index contributed by atoms with van der Waals surface area (Å²) >= 11 is 0. The first-order valence-electron chi connectivity index (χ1n) is 4.47. The van der Waals surface area contributed by atoms with Crippen molar-refractivity contribution in [2.45, 2.75) is 18.9 Å². The number of halogens is 3. The lowest BCUT2D eigenvalue weighted by Gasteiger charge is -2.12. The lowest BCUT2D eigenvalue weighted by atomic mass is 10.0. The van der Waals surface area contributed by atoms with Crippen LogP contribution in [0.25, 0.3) is 0 Å². The third-order valence-electron chi connectivity index (χ3n) is 2.05. The van der Waals surface area contributed by atoms with E-state index in [2.05, 4.69) is 6.58 Å². The van der Waals surface area contributed by atoms with Gasteiger partial charge in [-0.15, -0.1) is 19.0 Å². The van der Waals surface area contributed by atoms with E-state index in [1.165, 1.54) is 18.2 Å². The van der Waals surface area contributed by atoms with Crippen LogP contribution < -0.4 is 5.73 Å². The standard InChI is InChI=1S/C11H13F2N.ClH/c1-2-3-7-10(14)11-8(12)5-4-6-9(11)13;/h2,4-6,10H,1,3,7,14H2;1H/t10-;/m1./s1. The quantitative estimate of drug-likeness (QED) is 0.793. The van der Waals surface area contributed by atoms with E-state index in [0.29, 0.717) is 12.8 Å². The number of allylic oxidation sites excluding steroid dienone is 1. The van der Waals surface area contributed by atoms with E-state index >= 15 is 0 Å². The van der Waals surface area contributed by atoms with E-state index in [1.54, 1.807) is 6.08 Å². The Balaban J connectivity index is 0.00000196. The summed E-state index contributed by atoms with van der Waals surface area (Å²) in [6.45, 7) is 3.53. The zero-order valence-corrected chi connectivity index (χ0v) is 9.07. The van der Waals surface area contributed by atoms with Gasteiger partial charge < -0.3 is 5.73 Å². The molecule has 0 unspecified atom stereocenters. The predicted molar refractivity (Wildman–Crippen MR) is 60.0 cm³/mol. The van der Waals surface area contributed by atoms with Crippen molar-refractivity contribution in [1.29, 1.82) is 0 Å². The van der Waals surface area contributed by atoms with Crippen molar-refractivity contribution < 1.29 is 8.78 Å². The van der Waals surface area contributed by atoms with Gasteiger partial charge in [-0.1, -0.05) is 12.1 Å². The van der Waals surface area contributed by atoms with Crippen LogP contribution in [0.1, 0.15) is 24.4 Å². The van der Waals surface area contributed by atoms with E-state index in [-0.39, 0.29) is 18.0 Å². The summed E-state index contributed by atoms with van der Waals surface area (Å²) in [5.41, 5.74) is 5.62. The molecule has 1 aromatic carbocycles. The van der Waals surface area contributed by atoms with Crippen molar-refractivity contribution in [3.05, 3.63) is 48.1 Å². The Hall–Kier alpha value is -0.930. The van der Waals surface area contributed by atoms with Crippen LogP contribution >= 0.6 is 12.4 Å². The van der Waals surface area contributed by atoms with Gasteiger partial charge in [-0.25, -0.2) is 8.78 Å². The second-order valence-electron chi connectivity index (χ2n) is 3.11. The van der Waals surface area contributed by atoms with Gasteiger partial charge in [0.25, 0.3) is 0 Å². The lowest BCUT2D eigenvalue weighted by Crippen LogP contribution is -2.13. The normalized spacial score (nSPS) is 11.7. The third-order valence-corrected chi connectivity index (χ3v) is 2.05. The van der Waals surface area contributed by atoms with Gasteiger partial charge in [0.1, 0.15) is 11.6 Å². The van der Waals surface area contributed by atoms with Crippen LogP contribution in [0.4, 0.5) is 8.78 Å². The molecule has 1 aromatic rings. The van der Waals surface area contributed by atoms with Crippen molar-refractivity contribution in [2.24, 2.45) is 5.73 Å². The summed E-state index contributed by atoms with van der Waals surface area (Å²) < 4.78 is 26.4. The fourth-order valence-corrected chi connectivity index (χ4v) is 1.31. The first-order valence-corrected chi connectivity index (χ1v) is 4.47. The Kier molecular flexibility index (Phi) is 6.13. The zero-order valence-electron chi connectivity index (χ0n) is 8.25. The fraction of sp³-hybridized carbons (Fsp3) is 0.273. The number of benzene rings is 1. The van der Waals surface area contributed by atoms with Crippen LogP contribution in [0, 0.1) is 11.6 Å². The highest BCUT2D eigenvalue weighted by atomic mass is 35.5. The molecule has 0 aromatic heterocycles. The maximum Gasteiger partial charge on any atom is 0.130 e. The van der Waals surface area contributed by atoms with Gasteiger partial charge >= 0.3 is 0 Å². The summed E-state index contributed by atoms with van der Waals surface area (Å²) in [5, 5.41) is 0. The average molecular weight is 234 g/mol. The topological polar surface area (TPSA) is 26.0 Å². The molecule has 0 spiro atoms. The minimum Gasteiger partial charge on any atom is -0.324 e. The second-order valence-corrected chi connectivity index (χ2v) is 3.11. The minimum absolute atomic E-state index is 0. The van der Waals surface area contributed by atoms with E-state index in [9.17, 15) is 8.78 Å². The summed E-state index contributed by atoms with van der Waals surface area (Å²) in [5.74, 6) is -1.16. The molecule has 1 atom stereocenters. The number of hydrogen-bond donors (Lipinski definition) is 1. The largest absolute Gasteiger partial charge is 0.324 e. The molecule has 0 saturated carbocycles. The van der Waals surface area contributed by atoms with E-state index in [4.69, 9.17) is 5.73 Å². The molecule has 0 bridgehead atoms. The first-order chi connectivity index (χ1) is 6.66. The van der Waals surface area contributed by atoms with Crippen LogP contribution in [-0.4, -0.2) is 0 Å². The summed E-state index contributed by atoms with van der Waals surface area (Å²) in [6, 6.07) is 3.15. The molecular weight excluding hydrogens is 220 g/mol. The highest BCUT2D eigenvalue weighted by Gasteiger charge is 2.15. The van der Waals surface area contributed by atoms with E-state index < -0.39 is 17.7 Å². The smallest absolute Gasteiger partial charge is 0.130 e. The molecule has 0 saturated heterocycles. The molecule has 1 rings (SSSR count). The van der Waals surface area contributed by atoms with Gasteiger partial charge in [0.2, 0.25) is 0 Å². The Morgan fingerprint density at radius 1 is 1.33 bits per heavy atom. The zero-order chi connectivity index (χ0) is 10.6. The molecular formula is C11H14ClF2N. The molecule has 0 fully saturated rings. The predicted octanol–water partition coefficient (Wildman–Crippen LogP) is 3.35. The molecule has 15 heavy (non-hydrogen) atoms. The van der Waals surface area contributed by atoms with Gasteiger partial charge in [0, 0.05) is 11.6 Å². The molecule has 0 radical (unpaired) electrons. The van der Waals surface area contributed by atoms with Crippen molar-refractivity contribution in [3.63, 3.8) is 0 Å². The van der Waals surface area contributed by atoms with E-state index in [1.807, 2.05) is 0 Å². The van der Waals surface area contributed by atoms with Crippen molar-refractivity contribution >= 4 is 12.4 Å². The number of hydrogen-bond acceptors (Lipinski definition) is 1. The molecule has 84 valence electrons. The Labute approximate surface area is 94.4 Å². The molecule has 4 heteroatoms. The maximum absolute atomic E-state index is 13.2. The first kappa shape index (κ1) is 14.1. The van der Waals surface area contributed by atoms with Gasteiger partial charge in [0.15, 0.2) is 0 Å². The third kappa shape index (κ3) is 3.61. The number of nitrogens with two attached hydrogens (primary N) is 1. The Morgan fingerprint density at radius 2 is 1.87 bits per heavy atom. The Bertz CT molecular complexity index is 308. The van der Waals surface area contributed by atoms with Crippen molar-refractivity contribution in [3.8, 4) is 0 Å². The van der Waals surface area contributed by atoms with E-state index in [0.717, 1.165) is 0 Å². The lowest BCUT2D eigenvalue weighted by molar-refractivity contribution is 0.514. The molecule has 1 nitrogen and oxygen atoms in total. The van der Waals surface area contributed by atoms with Crippen LogP contribution in [0.15, 0.2) is 30.9 Å². The summed E-state index contributed by atoms with van der Waals surface area (Å²) in [4.78, 5) is 0. The van der Waals surface area contributed by atoms with Gasteiger partial charge in [0.05, 0.1) is 0 Å². The van der Waals surface area contributed by atoms with Gasteiger partial charge in [-0.05, 0) is 25.0 Å². The highest BCUT2D eigenvalue weighted by Crippen LogP contribution is 2.22. The maximum atomic E-state index is 13.2. The van der Waals surface area contributed by atoms with Crippen LogP contribution in [0.3, 0.4) is 0 Å². The van der Waals surface area contributed by atoms with Crippen LogP contribution in [0.2, 0.25) is 0 Å². The molecule has 0 heterocycles. The molecule has 0 aliphatic carbocycles. The molecule has 0 aliphatic rings. The van der Waals surface area contributed by atoms with Crippen molar-refractivity contribution in [2.75, 3.05) is 0 Å². The SMILES string of the molecule is C=CCC[C@@H](N)c1c(F)cccc1F.Cl. The highest BCUT2D eigenvalue weighted by molar-refractivity contribution is 5.85. The molecule has 0 amide bonds. The van der Waals surface area contributed by atoms with Crippen molar-refractivity contribution in [1.82, 2.24) is 0 Å². The monoisotopic (exact) mass is 233 g/mol. The van der Waals surface area contributed by atoms with Gasteiger partial charge in [-0.3, -0.25) is 0 Å². The fourth-order valence-electron chi connectivity index (χ4n) is 1.31. The summed E-state index contributed by atoms with van der Waals surface area (Å²) in [7, 11) is 0. The molecule has 0 aliphatic heterocycles. The average Bonchev–Trinajstić information content (AvgIpc) is 2.14. The summed E-state index contributed by atoms with van der Waals surface area (Å²) in [6.07, 6.45) is 2.83. The van der Waals surface area contributed by atoms with Gasteiger partial charge in [-0.2, -0.15) is 0 Å². The molecule has 2 N–H and O–H groups in total. The number of rotatable bonds is 4. The van der Waals surface area contributed by atoms with Crippen LogP contribution in [-0.2, 0) is 0 Å². The minimum atomic E-state index is -0.603. The second kappa shape index (κ2) is 6.53. The Morgan fingerprint density at radius 3 is 2.33 bits per heavy atom.